The van der Waals surface area contributed by atoms with Crippen LogP contribution >= 0.6 is 0 Å². The van der Waals surface area contributed by atoms with E-state index in [1.807, 2.05) is 38.5 Å². The van der Waals surface area contributed by atoms with E-state index in [-0.39, 0.29) is 18.2 Å². The van der Waals surface area contributed by atoms with Gasteiger partial charge in [0.15, 0.2) is 0 Å². The van der Waals surface area contributed by atoms with Crippen LogP contribution in [0.4, 0.5) is 0 Å². The summed E-state index contributed by atoms with van der Waals surface area (Å²) >= 11 is 0. The van der Waals surface area contributed by atoms with Crippen LogP contribution in [-0.2, 0) is 24.9 Å². The highest BCUT2D eigenvalue weighted by Gasteiger charge is 2.09. The molecule has 2 heterocycles. The van der Waals surface area contributed by atoms with Crippen LogP contribution in [0.2, 0.25) is 0 Å². The molecular formula is C19H22N6O2. The van der Waals surface area contributed by atoms with E-state index in [9.17, 15) is 9.59 Å². The van der Waals surface area contributed by atoms with Crippen molar-refractivity contribution in [3.8, 4) is 11.1 Å². The number of primary amides is 1. The molecule has 3 rings (SSSR count). The Bertz CT molecular complexity index is 955. The van der Waals surface area contributed by atoms with E-state index < -0.39 is 0 Å². The molecule has 140 valence electrons. The van der Waals surface area contributed by atoms with Crippen LogP contribution in [0.15, 0.2) is 42.9 Å². The van der Waals surface area contributed by atoms with Crippen LogP contribution in [0.25, 0.3) is 11.1 Å². The Hall–Kier alpha value is -3.42. The number of nitrogens with one attached hydrogen (secondary N) is 1. The first-order valence-corrected chi connectivity index (χ1v) is 8.61. The molecule has 0 bridgehead atoms. The van der Waals surface area contributed by atoms with Gasteiger partial charge in [0.25, 0.3) is 5.91 Å². The molecular weight excluding hydrogens is 344 g/mol. The molecule has 0 unspecified atom stereocenters. The Labute approximate surface area is 157 Å². The van der Waals surface area contributed by atoms with Gasteiger partial charge in [-0.25, -0.2) is 0 Å². The predicted molar refractivity (Wildman–Crippen MR) is 101 cm³/mol. The normalized spacial score (nSPS) is 10.7. The Morgan fingerprint density at radius 3 is 2.52 bits per heavy atom. The average molecular weight is 366 g/mol. The molecule has 8 nitrogen and oxygen atoms in total. The maximum absolute atomic E-state index is 12.3. The molecule has 0 spiro atoms. The van der Waals surface area contributed by atoms with E-state index >= 15 is 0 Å². The molecule has 0 aliphatic rings. The van der Waals surface area contributed by atoms with Crippen LogP contribution in [0.3, 0.4) is 0 Å². The first kappa shape index (κ1) is 18.4. The monoisotopic (exact) mass is 366 g/mol. The van der Waals surface area contributed by atoms with Crippen molar-refractivity contribution in [3.05, 3.63) is 59.7 Å². The summed E-state index contributed by atoms with van der Waals surface area (Å²) in [5.74, 6) is -0.495. The number of hydrogen-bond acceptors (Lipinski definition) is 4. The van der Waals surface area contributed by atoms with Crippen molar-refractivity contribution in [2.45, 2.75) is 26.4 Å². The topological polar surface area (TPSA) is 108 Å². The zero-order chi connectivity index (χ0) is 19.4. The van der Waals surface area contributed by atoms with Crippen molar-refractivity contribution < 1.29 is 9.59 Å². The molecule has 0 atom stereocenters. The Kier molecular flexibility index (Phi) is 5.35. The van der Waals surface area contributed by atoms with Gasteiger partial charge >= 0.3 is 0 Å². The second-order valence-electron chi connectivity index (χ2n) is 6.38. The molecule has 2 aromatic heterocycles. The van der Waals surface area contributed by atoms with Gasteiger partial charge in [-0.1, -0.05) is 12.1 Å². The lowest BCUT2D eigenvalue weighted by Crippen LogP contribution is -2.22. The van der Waals surface area contributed by atoms with Gasteiger partial charge in [-0.15, -0.1) is 0 Å². The van der Waals surface area contributed by atoms with Crippen molar-refractivity contribution >= 4 is 11.8 Å². The molecule has 2 amide bonds. The van der Waals surface area contributed by atoms with Crippen molar-refractivity contribution in [3.63, 3.8) is 0 Å². The maximum atomic E-state index is 12.3. The van der Waals surface area contributed by atoms with Gasteiger partial charge < -0.3 is 11.1 Å². The first-order valence-electron chi connectivity index (χ1n) is 8.61. The highest BCUT2D eigenvalue weighted by Crippen LogP contribution is 2.19. The second kappa shape index (κ2) is 7.86. The number of aromatic nitrogens is 4. The summed E-state index contributed by atoms with van der Waals surface area (Å²) in [6, 6.07) is 7.31. The van der Waals surface area contributed by atoms with Crippen molar-refractivity contribution in [2.75, 3.05) is 0 Å². The fraction of sp³-hybridized carbons (Fsp3) is 0.263. The van der Waals surface area contributed by atoms with Crippen molar-refractivity contribution in [1.29, 1.82) is 0 Å². The molecule has 3 N–H and O–H groups in total. The summed E-state index contributed by atoms with van der Waals surface area (Å²) in [5.41, 5.74) is 9.49. The van der Waals surface area contributed by atoms with Gasteiger partial charge in [0.05, 0.1) is 11.9 Å². The third-order valence-electron chi connectivity index (χ3n) is 4.26. The highest BCUT2D eigenvalue weighted by atomic mass is 16.2. The fourth-order valence-electron chi connectivity index (χ4n) is 2.77. The summed E-state index contributed by atoms with van der Waals surface area (Å²) in [5, 5.41) is 11.4. The molecule has 3 aromatic rings. The minimum atomic E-state index is -0.358. The highest BCUT2D eigenvalue weighted by molar-refractivity contribution is 5.94. The van der Waals surface area contributed by atoms with E-state index in [0.717, 1.165) is 22.4 Å². The number of nitrogens with two attached hydrogens (primary N) is 1. The maximum Gasteiger partial charge on any atom is 0.251 e. The van der Waals surface area contributed by atoms with Gasteiger partial charge in [-0.3, -0.25) is 19.0 Å². The number of carbonyl (C=O) groups excluding carboxylic acids is 2. The minimum Gasteiger partial charge on any atom is -0.370 e. The number of aryl methyl sites for hydroxylation is 3. The molecule has 0 aliphatic heterocycles. The Morgan fingerprint density at radius 1 is 1.15 bits per heavy atom. The second-order valence-corrected chi connectivity index (χ2v) is 6.38. The number of rotatable bonds is 7. The average Bonchev–Trinajstić information content (AvgIpc) is 3.24. The van der Waals surface area contributed by atoms with Crippen LogP contribution in [0, 0.1) is 6.92 Å². The lowest BCUT2D eigenvalue weighted by atomic mass is 10.1. The first-order chi connectivity index (χ1) is 12.9. The number of nitrogens with zero attached hydrogens (tertiary/aromatic N) is 4. The number of hydrogen-bond donors (Lipinski definition) is 2. The molecule has 0 radical (unpaired) electrons. The van der Waals surface area contributed by atoms with Crippen LogP contribution in [-0.4, -0.2) is 31.4 Å². The molecule has 1 aromatic carbocycles. The lowest BCUT2D eigenvalue weighted by Gasteiger charge is -2.05. The molecule has 8 heteroatoms. The van der Waals surface area contributed by atoms with Gasteiger partial charge in [0.2, 0.25) is 5.91 Å². The number of benzene rings is 1. The van der Waals surface area contributed by atoms with Crippen molar-refractivity contribution in [1.82, 2.24) is 24.9 Å². The van der Waals surface area contributed by atoms with Gasteiger partial charge in [0.1, 0.15) is 0 Å². The molecule has 0 aliphatic carbocycles. The molecule has 0 saturated carbocycles. The summed E-state index contributed by atoms with van der Waals surface area (Å²) in [7, 11) is 1.85. The summed E-state index contributed by atoms with van der Waals surface area (Å²) in [6.07, 6.45) is 5.72. The zero-order valence-electron chi connectivity index (χ0n) is 15.3. The standard InChI is InChI=1S/C19H22N6O2/c1-13-16(11-24(2)23-13)9-21-19(27)15-5-3-14(4-6-15)17-10-22-25(12-17)8-7-18(20)26/h3-6,10-12H,7-9H2,1-2H3,(H2,20,26)(H,21,27). The molecule has 27 heavy (non-hydrogen) atoms. The smallest absolute Gasteiger partial charge is 0.251 e. The largest absolute Gasteiger partial charge is 0.370 e. The zero-order valence-corrected chi connectivity index (χ0v) is 15.3. The third-order valence-corrected chi connectivity index (χ3v) is 4.26. The summed E-state index contributed by atoms with van der Waals surface area (Å²) in [6.45, 7) is 2.80. The van der Waals surface area contributed by atoms with E-state index in [1.54, 1.807) is 27.7 Å². The summed E-state index contributed by atoms with van der Waals surface area (Å²) in [4.78, 5) is 23.2. The van der Waals surface area contributed by atoms with Crippen LogP contribution < -0.4 is 11.1 Å². The van der Waals surface area contributed by atoms with E-state index in [0.29, 0.717) is 18.7 Å². The quantitative estimate of drug-likeness (QED) is 0.659. The molecule has 0 saturated heterocycles. The van der Waals surface area contributed by atoms with Crippen LogP contribution in [0.1, 0.15) is 28.0 Å². The van der Waals surface area contributed by atoms with E-state index in [1.165, 1.54) is 0 Å². The lowest BCUT2D eigenvalue weighted by molar-refractivity contribution is -0.118. The van der Waals surface area contributed by atoms with Gasteiger partial charge in [-0.05, 0) is 24.6 Å². The third kappa shape index (κ3) is 4.60. The fourth-order valence-corrected chi connectivity index (χ4v) is 2.77. The van der Waals surface area contributed by atoms with Gasteiger partial charge in [-0.2, -0.15) is 10.2 Å². The van der Waals surface area contributed by atoms with E-state index in [4.69, 9.17) is 5.73 Å². The van der Waals surface area contributed by atoms with Crippen LogP contribution in [0.5, 0.6) is 0 Å². The SMILES string of the molecule is Cc1nn(C)cc1CNC(=O)c1ccc(-c2cnn(CCC(N)=O)c2)cc1. The Balaban J connectivity index is 1.62. The molecule has 0 fully saturated rings. The predicted octanol–water partition coefficient (Wildman–Crippen LogP) is 1.40. The minimum absolute atomic E-state index is 0.137. The van der Waals surface area contributed by atoms with Gasteiger partial charge in [0, 0.05) is 55.6 Å². The van der Waals surface area contributed by atoms with Crippen molar-refractivity contribution in [2.24, 2.45) is 12.8 Å². The number of amides is 2. The van der Waals surface area contributed by atoms with E-state index in [2.05, 4.69) is 15.5 Å². The summed E-state index contributed by atoms with van der Waals surface area (Å²) < 4.78 is 3.41. The number of carbonyl (C=O) groups is 2. The Morgan fingerprint density at radius 2 is 1.89 bits per heavy atom.